The molecule has 0 spiro atoms. The first-order chi connectivity index (χ1) is 14.5. The number of hydrogen-bond donors (Lipinski definition) is 3. The monoisotopic (exact) mass is 408 g/mol. The van der Waals surface area contributed by atoms with Crippen LogP contribution in [0.3, 0.4) is 0 Å². The van der Waals surface area contributed by atoms with Crippen LogP contribution < -0.4 is 16.0 Å². The normalized spacial score (nSPS) is 19.3. The zero-order chi connectivity index (χ0) is 21.1. The molecule has 158 valence electrons. The highest BCUT2D eigenvalue weighted by molar-refractivity contribution is 6.04. The van der Waals surface area contributed by atoms with Gasteiger partial charge in [-0.05, 0) is 49.3 Å². The van der Waals surface area contributed by atoms with Gasteiger partial charge in [-0.1, -0.05) is 19.6 Å². The Morgan fingerprint density at radius 3 is 2.77 bits per heavy atom. The third-order valence-electron chi connectivity index (χ3n) is 6.23. The second kappa shape index (κ2) is 8.46. The predicted octanol–water partition coefficient (Wildman–Crippen LogP) is 3.41. The molecule has 1 amide bonds. The van der Waals surface area contributed by atoms with Crippen LogP contribution in [0.25, 0.3) is 4.85 Å². The standard InChI is InChI=1S/C22H28N6O2/c1-15-5-9-28(10-6-15)18-13-16(22(23)7-11-30-12-8-22)3-4-17(18)26-21(29)20-25-14-19(24-2)27-20/h3-4,13-15H,5-12,23H2,1H3,(H,25,27)(H,26,29). The Hall–Kier alpha value is -2.89. The van der Waals surface area contributed by atoms with Crippen molar-refractivity contribution in [2.24, 2.45) is 11.7 Å². The SMILES string of the molecule is [C-]#[N+]c1cnc(C(=O)Nc2ccc(C3(N)CCOCC3)cc2N2CCC(C)CC2)[nH]1. The Kier molecular flexibility index (Phi) is 5.75. The van der Waals surface area contributed by atoms with Crippen LogP contribution in [-0.2, 0) is 10.3 Å². The number of piperidine rings is 1. The van der Waals surface area contributed by atoms with Gasteiger partial charge in [-0.25, -0.2) is 4.98 Å². The van der Waals surface area contributed by atoms with Crippen molar-refractivity contribution in [1.29, 1.82) is 0 Å². The van der Waals surface area contributed by atoms with Gasteiger partial charge in [-0.15, -0.1) is 0 Å². The average Bonchev–Trinajstić information content (AvgIpc) is 3.25. The van der Waals surface area contributed by atoms with Crippen molar-refractivity contribution in [3.05, 3.63) is 47.2 Å². The fraction of sp³-hybridized carbons (Fsp3) is 0.500. The van der Waals surface area contributed by atoms with Crippen LogP contribution in [-0.4, -0.2) is 42.2 Å². The van der Waals surface area contributed by atoms with Crippen LogP contribution in [0, 0.1) is 12.5 Å². The Morgan fingerprint density at radius 1 is 1.37 bits per heavy atom. The molecule has 0 saturated carbocycles. The highest BCUT2D eigenvalue weighted by atomic mass is 16.5. The molecule has 1 aromatic carbocycles. The van der Waals surface area contributed by atoms with Crippen LogP contribution in [0.1, 0.15) is 48.8 Å². The highest BCUT2D eigenvalue weighted by Gasteiger charge is 2.31. The molecule has 0 bridgehead atoms. The minimum Gasteiger partial charge on any atom is -0.381 e. The number of nitrogens with one attached hydrogen (secondary N) is 2. The summed E-state index contributed by atoms with van der Waals surface area (Å²) in [7, 11) is 0. The molecule has 4 rings (SSSR count). The minimum absolute atomic E-state index is 0.128. The molecule has 2 aliphatic rings. The number of ether oxygens (including phenoxy) is 1. The van der Waals surface area contributed by atoms with Crippen LogP contribution in [0.15, 0.2) is 24.4 Å². The number of H-pyrrole nitrogens is 1. The summed E-state index contributed by atoms with van der Waals surface area (Å²) in [5, 5.41) is 2.97. The third-order valence-corrected chi connectivity index (χ3v) is 6.23. The van der Waals surface area contributed by atoms with Crippen molar-refractivity contribution in [2.45, 2.75) is 38.1 Å². The van der Waals surface area contributed by atoms with Gasteiger partial charge in [0, 0.05) is 31.8 Å². The molecule has 1 aromatic heterocycles. The van der Waals surface area contributed by atoms with E-state index in [2.05, 4.69) is 38.0 Å². The molecular formula is C22H28N6O2. The quantitative estimate of drug-likeness (QED) is 0.673. The molecule has 0 radical (unpaired) electrons. The lowest BCUT2D eigenvalue weighted by atomic mass is 9.83. The minimum atomic E-state index is -0.413. The average molecular weight is 409 g/mol. The van der Waals surface area contributed by atoms with Gasteiger partial charge in [0.25, 0.3) is 5.82 Å². The summed E-state index contributed by atoms with van der Waals surface area (Å²) in [4.78, 5) is 25.1. The van der Waals surface area contributed by atoms with E-state index in [0.29, 0.717) is 19.1 Å². The van der Waals surface area contributed by atoms with Crippen LogP contribution in [0.2, 0.25) is 0 Å². The summed E-state index contributed by atoms with van der Waals surface area (Å²) < 4.78 is 5.50. The van der Waals surface area contributed by atoms with Crippen molar-refractivity contribution in [3.63, 3.8) is 0 Å². The van der Waals surface area contributed by atoms with Crippen molar-refractivity contribution >= 4 is 23.1 Å². The van der Waals surface area contributed by atoms with Gasteiger partial charge in [0.1, 0.15) is 0 Å². The van der Waals surface area contributed by atoms with Gasteiger partial charge in [0.15, 0.2) is 0 Å². The van der Waals surface area contributed by atoms with E-state index in [1.807, 2.05) is 12.1 Å². The molecule has 4 N–H and O–H groups in total. The Labute approximate surface area is 176 Å². The highest BCUT2D eigenvalue weighted by Crippen LogP contribution is 2.37. The molecular weight excluding hydrogens is 380 g/mol. The maximum Gasteiger partial charge on any atom is 0.314 e. The molecule has 2 fully saturated rings. The first-order valence-electron chi connectivity index (χ1n) is 10.5. The summed E-state index contributed by atoms with van der Waals surface area (Å²) in [6.07, 6.45) is 5.15. The van der Waals surface area contributed by atoms with E-state index < -0.39 is 5.54 Å². The van der Waals surface area contributed by atoms with E-state index in [4.69, 9.17) is 17.0 Å². The third kappa shape index (κ3) is 4.18. The van der Waals surface area contributed by atoms with Crippen molar-refractivity contribution < 1.29 is 9.53 Å². The first kappa shape index (κ1) is 20.4. The van der Waals surface area contributed by atoms with Gasteiger partial charge in [-0.3, -0.25) is 9.78 Å². The number of rotatable bonds is 4. The summed E-state index contributed by atoms with van der Waals surface area (Å²) in [6, 6.07) is 6.07. The van der Waals surface area contributed by atoms with E-state index in [0.717, 1.165) is 55.7 Å². The number of nitrogens with two attached hydrogens (primary N) is 1. The van der Waals surface area contributed by atoms with Crippen molar-refractivity contribution in [2.75, 3.05) is 36.5 Å². The lowest BCUT2D eigenvalue weighted by Crippen LogP contribution is -2.42. The van der Waals surface area contributed by atoms with Gasteiger partial charge in [0.2, 0.25) is 5.82 Å². The number of hydrogen-bond acceptors (Lipinski definition) is 5. The van der Waals surface area contributed by atoms with E-state index in [1.54, 1.807) is 0 Å². The van der Waals surface area contributed by atoms with Crippen LogP contribution in [0.4, 0.5) is 17.2 Å². The summed E-state index contributed by atoms with van der Waals surface area (Å²) in [5.41, 5.74) is 9.11. The molecule has 2 saturated heterocycles. The lowest BCUT2D eigenvalue weighted by molar-refractivity contribution is 0.0522. The molecule has 0 unspecified atom stereocenters. The second-order valence-electron chi connectivity index (χ2n) is 8.35. The fourth-order valence-electron chi connectivity index (χ4n) is 4.15. The maximum absolute atomic E-state index is 12.7. The van der Waals surface area contributed by atoms with Gasteiger partial charge >= 0.3 is 5.91 Å². The molecule has 0 aliphatic carbocycles. The molecule has 30 heavy (non-hydrogen) atoms. The fourth-order valence-corrected chi connectivity index (χ4v) is 4.15. The maximum atomic E-state index is 12.7. The van der Waals surface area contributed by atoms with Crippen molar-refractivity contribution in [1.82, 2.24) is 9.97 Å². The van der Waals surface area contributed by atoms with Crippen LogP contribution >= 0.6 is 0 Å². The number of amides is 1. The van der Waals surface area contributed by atoms with E-state index in [9.17, 15) is 4.79 Å². The summed E-state index contributed by atoms with van der Waals surface area (Å²) in [6.45, 7) is 12.5. The Balaban J connectivity index is 1.64. The second-order valence-corrected chi connectivity index (χ2v) is 8.35. The zero-order valence-electron chi connectivity index (χ0n) is 17.3. The van der Waals surface area contributed by atoms with Gasteiger partial charge < -0.3 is 25.5 Å². The van der Waals surface area contributed by atoms with E-state index in [-0.39, 0.29) is 17.5 Å². The number of aromatic amines is 1. The number of nitrogens with zero attached hydrogens (tertiary/aromatic N) is 3. The first-order valence-corrected chi connectivity index (χ1v) is 10.5. The number of carbonyl (C=O) groups is 1. The van der Waals surface area contributed by atoms with Gasteiger partial charge in [0.05, 0.1) is 17.6 Å². The summed E-state index contributed by atoms with van der Waals surface area (Å²) in [5.74, 6) is 0.708. The number of anilines is 2. The number of aromatic nitrogens is 2. The Bertz CT molecular complexity index is 949. The van der Waals surface area contributed by atoms with E-state index >= 15 is 0 Å². The van der Waals surface area contributed by atoms with Crippen LogP contribution in [0.5, 0.6) is 0 Å². The summed E-state index contributed by atoms with van der Waals surface area (Å²) >= 11 is 0. The topological polar surface area (TPSA) is 101 Å². The molecule has 3 heterocycles. The molecule has 2 aliphatic heterocycles. The van der Waals surface area contributed by atoms with Gasteiger partial charge in [-0.2, -0.15) is 0 Å². The predicted molar refractivity (Wildman–Crippen MR) is 116 cm³/mol. The Morgan fingerprint density at radius 2 is 2.10 bits per heavy atom. The largest absolute Gasteiger partial charge is 0.381 e. The molecule has 2 aromatic rings. The smallest absolute Gasteiger partial charge is 0.314 e. The molecule has 0 atom stereocenters. The van der Waals surface area contributed by atoms with Crippen molar-refractivity contribution in [3.8, 4) is 0 Å². The molecule has 8 nitrogen and oxygen atoms in total. The number of imidazole rings is 1. The number of carbonyl (C=O) groups excluding carboxylic acids is 1. The zero-order valence-corrected chi connectivity index (χ0v) is 17.3. The van der Waals surface area contributed by atoms with E-state index in [1.165, 1.54) is 6.20 Å². The number of benzene rings is 1. The lowest BCUT2D eigenvalue weighted by Gasteiger charge is -2.37. The molecule has 8 heteroatoms.